The predicted octanol–water partition coefficient (Wildman–Crippen LogP) is 2.56. The standard InChI is InChI=1S/C14H24BrN3OS/c1-13(2)5-8-20-10-14(13,19)12-11(15)9-16-18(12)7-6-17(3)4/h9,19H,5-8,10H2,1-4H3. The number of nitrogens with zero attached hydrogens (tertiary/aromatic N) is 3. The first-order valence-corrected chi connectivity index (χ1v) is 8.89. The smallest absolute Gasteiger partial charge is 0.121 e. The highest BCUT2D eigenvalue weighted by Gasteiger charge is 2.49. The molecule has 1 saturated heterocycles. The molecule has 2 heterocycles. The van der Waals surface area contributed by atoms with Crippen molar-refractivity contribution >= 4 is 27.7 Å². The summed E-state index contributed by atoms with van der Waals surface area (Å²) in [6, 6.07) is 0. The van der Waals surface area contributed by atoms with E-state index in [1.807, 2.05) is 30.5 Å². The Kier molecular flexibility index (Phi) is 4.89. The van der Waals surface area contributed by atoms with Crippen LogP contribution in [-0.4, -0.2) is 51.9 Å². The fraction of sp³-hybridized carbons (Fsp3) is 0.786. The lowest BCUT2D eigenvalue weighted by Crippen LogP contribution is -2.49. The second kappa shape index (κ2) is 5.99. The van der Waals surface area contributed by atoms with E-state index >= 15 is 0 Å². The number of halogens is 1. The van der Waals surface area contributed by atoms with Gasteiger partial charge in [-0.05, 0) is 42.2 Å². The lowest BCUT2D eigenvalue weighted by atomic mass is 9.71. The maximum atomic E-state index is 11.4. The van der Waals surface area contributed by atoms with Crippen LogP contribution in [0.3, 0.4) is 0 Å². The van der Waals surface area contributed by atoms with Gasteiger partial charge in [0.2, 0.25) is 0 Å². The van der Waals surface area contributed by atoms with Crippen LogP contribution < -0.4 is 0 Å². The molecule has 1 aromatic rings. The van der Waals surface area contributed by atoms with Gasteiger partial charge in [-0.15, -0.1) is 0 Å². The minimum absolute atomic E-state index is 0.142. The van der Waals surface area contributed by atoms with E-state index in [9.17, 15) is 5.11 Å². The normalized spacial score (nSPS) is 26.1. The number of aliphatic hydroxyl groups is 1. The molecule has 1 fully saturated rings. The third kappa shape index (κ3) is 2.93. The minimum atomic E-state index is -0.836. The van der Waals surface area contributed by atoms with Gasteiger partial charge in [0.25, 0.3) is 0 Å². The first-order chi connectivity index (χ1) is 9.28. The van der Waals surface area contributed by atoms with Crippen molar-refractivity contribution in [2.45, 2.75) is 32.4 Å². The third-order valence-corrected chi connectivity index (χ3v) is 5.94. The molecule has 2 rings (SSSR count). The topological polar surface area (TPSA) is 41.3 Å². The molecule has 1 aliphatic heterocycles. The van der Waals surface area contributed by atoms with Gasteiger partial charge >= 0.3 is 0 Å². The van der Waals surface area contributed by atoms with Crippen LogP contribution in [0.5, 0.6) is 0 Å². The fourth-order valence-corrected chi connectivity index (χ4v) is 4.82. The number of thioether (sulfide) groups is 1. The van der Waals surface area contributed by atoms with E-state index < -0.39 is 5.60 Å². The summed E-state index contributed by atoms with van der Waals surface area (Å²) in [7, 11) is 4.10. The van der Waals surface area contributed by atoms with Crippen molar-refractivity contribution < 1.29 is 5.11 Å². The van der Waals surface area contributed by atoms with Crippen molar-refractivity contribution in [1.29, 1.82) is 0 Å². The molecule has 1 unspecified atom stereocenters. The van der Waals surface area contributed by atoms with Gasteiger partial charge in [-0.25, -0.2) is 0 Å². The first-order valence-electron chi connectivity index (χ1n) is 6.94. The average Bonchev–Trinajstić information content (AvgIpc) is 2.72. The molecule has 0 spiro atoms. The summed E-state index contributed by atoms with van der Waals surface area (Å²) >= 11 is 5.40. The molecule has 4 nitrogen and oxygen atoms in total. The van der Waals surface area contributed by atoms with E-state index in [2.05, 4.69) is 39.8 Å². The Hall–Kier alpha value is -0.0400. The zero-order valence-electron chi connectivity index (χ0n) is 12.7. The maximum Gasteiger partial charge on any atom is 0.121 e. The van der Waals surface area contributed by atoms with Crippen molar-refractivity contribution in [2.75, 3.05) is 32.1 Å². The molecule has 114 valence electrons. The Labute approximate surface area is 134 Å². The molecule has 1 aliphatic rings. The second-order valence-corrected chi connectivity index (χ2v) is 8.37. The highest BCUT2D eigenvalue weighted by atomic mass is 79.9. The molecular weight excluding hydrogens is 338 g/mol. The van der Waals surface area contributed by atoms with Crippen LogP contribution in [0.2, 0.25) is 0 Å². The number of aromatic nitrogens is 2. The summed E-state index contributed by atoms with van der Waals surface area (Å²) in [6.45, 7) is 6.01. The van der Waals surface area contributed by atoms with E-state index in [-0.39, 0.29) is 5.41 Å². The summed E-state index contributed by atoms with van der Waals surface area (Å²) in [5.74, 6) is 1.84. The predicted molar refractivity (Wildman–Crippen MR) is 88.1 cm³/mol. The zero-order chi connectivity index (χ0) is 15.0. The Bertz CT molecular complexity index is 475. The molecular formula is C14H24BrN3OS. The highest BCUT2D eigenvalue weighted by molar-refractivity contribution is 9.10. The van der Waals surface area contributed by atoms with Crippen molar-refractivity contribution in [3.8, 4) is 0 Å². The van der Waals surface area contributed by atoms with E-state index in [4.69, 9.17) is 0 Å². The zero-order valence-corrected chi connectivity index (χ0v) is 15.1. The van der Waals surface area contributed by atoms with Crippen LogP contribution >= 0.6 is 27.7 Å². The van der Waals surface area contributed by atoms with Crippen molar-refractivity contribution in [3.05, 3.63) is 16.4 Å². The van der Waals surface area contributed by atoms with Gasteiger partial charge < -0.3 is 10.0 Å². The van der Waals surface area contributed by atoms with Crippen molar-refractivity contribution in [2.24, 2.45) is 5.41 Å². The van der Waals surface area contributed by atoms with Crippen molar-refractivity contribution in [1.82, 2.24) is 14.7 Å². The van der Waals surface area contributed by atoms with Crippen LogP contribution in [0.4, 0.5) is 0 Å². The average molecular weight is 362 g/mol. The quantitative estimate of drug-likeness (QED) is 0.894. The summed E-state index contributed by atoms with van der Waals surface area (Å²) in [5, 5.41) is 15.8. The summed E-state index contributed by atoms with van der Waals surface area (Å²) < 4.78 is 2.87. The van der Waals surface area contributed by atoms with Crippen molar-refractivity contribution in [3.63, 3.8) is 0 Å². The molecule has 1 N–H and O–H groups in total. The molecule has 0 aromatic carbocycles. The van der Waals surface area contributed by atoms with E-state index in [0.717, 1.165) is 41.2 Å². The van der Waals surface area contributed by atoms with Crippen LogP contribution in [0.1, 0.15) is 26.0 Å². The molecule has 0 bridgehead atoms. The third-order valence-electron chi connectivity index (χ3n) is 4.25. The lowest BCUT2D eigenvalue weighted by molar-refractivity contribution is -0.0653. The second-order valence-electron chi connectivity index (χ2n) is 6.41. The Morgan fingerprint density at radius 3 is 2.80 bits per heavy atom. The fourth-order valence-electron chi connectivity index (χ4n) is 2.58. The van der Waals surface area contributed by atoms with E-state index in [1.165, 1.54) is 0 Å². The van der Waals surface area contributed by atoms with Gasteiger partial charge in [0, 0.05) is 17.7 Å². The van der Waals surface area contributed by atoms with E-state index in [0.29, 0.717) is 0 Å². The van der Waals surface area contributed by atoms with Crippen LogP contribution in [0, 0.1) is 5.41 Å². The summed E-state index contributed by atoms with van der Waals surface area (Å²) in [4.78, 5) is 2.13. The number of hydrogen-bond donors (Lipinski definition) is 1. The Morgan fingerprint density at radius 1 is 1.50 bits per heavy atom. The lowest BCUT2D eigenvalue weighted by Gasteiger charge is -2.46. The molecule has 20 heavy (non-hydrogen) atoms. The van der Waals surface area contributed by atoms with Gasteiger partial charge in [0.15, 0.2) is 0 Å². The molecule has 1 aromatic heterocycles. The largest absolute Gasteiger partial charge is 0.382 e. The van der Waals surface area contributed by atoms with Crippen LogP contribution in [0.25, 0.3) is 0 Å². The van der Waals surface area contributed by atoms with Gasteiger partial charge in [0.1, 0.15) is 5.60 Å². The molecule has 0 saturated carbocycles. The Morgan fingerprint density at radius 2 is 2.20 bits per heavy atom. The van der Waals surface area contributed by atoms with Gasteiger partial charge in [-0.3, -0.25) is 4.68 Å². The number of hydrogen-bond acceptors (Lipinski definition) is 4. The maximum absolute atomic E-state index is 11.4. The highest BCUT2D eigenvalue weighted by Crippen LogP contribution is 2.50. The summed E-state index contributed by atoms with van der Waals surface area (Å²) in [5.41, 5.74) is -0.0506. The van der Waals surface area contributed by atoms with Crippen LogP contribution in [0.15, 0.2) is 10.7 Å². The summed E-state index contributed by atoms with van der Waals surface area (Å²) in [6.07, 6.45) is 2.82. The minimum Gasteiger partial charge on any atom is -0.382 e. The van der Waals surface area contributed by atoms with Crippen LogP contribution in [-0.2, 0) is 12.1 Å². The van der Waals surface area contributed by atoms with Gasteiger partial charge in [-0.1, -0.05) is 13.8 Å². The molecule has 6 heteroatoms. The monoisotopic (exact) mass is 361 g/mol. The number of rotatable bonds is 4. The molecule has 0 amide bonds. The molecule has 0 aliphatic carbocycles. The molecule has 0 radical (unpaired) electrons. The van der Waals surface area contributed by atoms with Gasteiger partial charge in [0.05, 0.1) is 22.9 Å². The van der Waals surface area contributed by atoms with Gasteiger partial charge in [-0.2, -0.15) is 16.9 Å². The number of likely N-dealkylation sites (N-methyl/N-ethyl adjacent to an activating group) is 1. The van der Waals surface area contributed by atoms with E-state index in [1.54, 1.807) is 6.20 Å². The SMILES string of the molecule is CN(C)CCn1ncc(Br)c1C1(O)CSCCC1(C)C. The Balaban J connectivity index is 2.37. The molecule has 1 atom stereocenters. The first kappa shape index (κ1) is 16.3.